The zero-order chi connectivity index (χ0) is 15.3. The molecule has 0 N–H and O–H groups in total. The Morgan fingerprint density at radius 3 is 1.75 bits per heavy atom. The summed E-state index contributed by atoms with van der Waals surface area (Å²) >= 11 is 0. The molecular weight excluding hydrogens is 244 g/mol. The Morgan fingerprint density at radius 2 is 1.35 bits per heavy atom. The van der Waals surface area contributed by atoms with Crippen LogP contribution in [0.1, 0.15) is 80.6 Å². The van der Waals surface area contributed by atoms with Crippen molar-refractivity contribution in [3.8, 4) is 0 Å². The van der Waals surface area contributed by atoms with Crippen molar-refractivity contribution in [3.63, 3.8) is 0 Å². The van der Waals surface area contributed by atoms with Crippen molar-refractivity contribution in [2.24, 2.45) is 5.92 Å². The molecule has 118 valence electrons. The van der Waals surface area contributed by atoms with Crippen LogP contribution in [0.3, 0.4) is 0 Å². The van der Waals surface area contributed by atoms with Gasteiger partial charge < -0.3 is 0 Å². The molecule has 0 spiro atoms. The molecule has 1 rings (SSSR count). The lowest BCUT2D eigenvalue weighted by molar-refractivity contribution is -0.599. The predicted molar refractivity (Wildman–Crippen MR) is 89.6 cm³/mol. The van der Waals surface area contributed by atoms with Crippen LogP contribution in [0, 0.1) is 5.92 Å². The zero-order valence-corrected chi connectivity index (χ0v) is 14.9. The quantitative estimate of drug-likeness (QED) is 0.394. The fourth-order valence-electron chi connectivity index (χ4n) is 3.59. The molecule has 0 aromatic rings. The van der Waals surface area contributed by atoms with Crippen LogP contribution in [0.5, 0.6) is 0 Å². The minimum atomic E-state index is 0.565. The molecule has 1 aliphatic carbocycles. The molecule has 0 aromatic heterocycles. The second-order valence-corrected chi connectivity index (χ2v) is 7.43. The lowest BCUT2D eigenvalue weighted by Gasteiger charge is -2.32. The maximum atomic E-state index is 2.61. The minimum Gasteiger partial charge on any atom is -0.264 e. The van der Waals surface area contributed by atoms with Gasteiger partial charge in [0.15, 0.2) is 0 Å². The van der Waals surface area contributed by atoms with Crippen molar-refractivity contribution >= 4 is 6.34 Å². The third-order valence-electron chi connectivity index (χ3n) is 4.86. The summed E-state index contributed by atoms with van der Waals surface area (Å²) in [5.74, 6) is 0.878. The van der Waals surface area contributed by atoms with Crippen molar-refractivity contribution in [1.29, 1.82) is 0 Å². The van der Waals surface area contributed by atoms with E-state index in [9.17, 15) is 0 Å². The van der Waals surface area contributed by atoms with Gasteiger partial charge in [0, 0.05) is 0 Å². The largest absolute Gasteiger partial charge is 0.264 e. The van der Waals surface area contributed by atoms with Gasteiger partial charge in [-0.2, -0.15) is 0 Å². The first-order chi connectivity index (χ1) is 9.34. The summed E-state index contributed by atoms with van der Waals surface area (Å²) in [6.45, 7) is 16.3. The van der Waals surface area contributed by atoms with E-state index in [1.165, 1.54) is 32.1 Å². The summed E-state index contributed by atoms with van der Waals surface area (Å²) in [6, 6.07) is 2.37. The zero-order valence-electron chi connectivity index (χ0n) is 14.9. The second-order valence-electron chi connectivity index (χ2n) is 7.43. The summed E-state index contributed by atoms with van der Waals surface area (Å²) in [7, 11) is 0. The van der Waals surface area contributed by atoms with E-state index < -0.39 is 0 Å². The first kappa shape index (κ1) is 17.5. The van der Waals surface area contributed by atoms with Gasteiger partial charge in [-0.25, -0.2) is 0 Å². The van der Waals surface area contributed by atoms with Crippen LogP contribution in [-0.4, -0.2) is 40.0 Å². The van der Waals surface area contributed by atoms with Crippen LogP contribution in [0.15, 0.2) is 0 Å². The molecule has 0 heterocycles. The van der Waals surface area contributed by atoms with Crippen molar-refractivity contribution in [3.05, 3.63) is 0 Å². The van der Waals surface area contributed by atoms with Gasteiger partial charge in [0.2, 0.25) is 6.34 Å². The van der Waals surface area contributed by atoms with Crippen LogP contribution in [0.4, 0.5) is 0 Å². The van der Waals surface area contributed by atoms with Gasteiger partial charge in [-0.15, -0.1) is 0 Å². The van der Waals surface area contributed by atoms with E-state index in [2.05, 4.69) is 64.3 Å². The van der Waals surface area contributed by atoms with Crippen molar-refractivity contribution in [1.82, 2.24) is 4.90 Å². The van der Waals surface area contributed by atoms with Crippen molar-refractivity contribution < 1.29 is 4.58 Å². The molecule has 1 saturated carbocycles. The summed E-state index contributed by atoms with van der Waals surface area (Å²) in [5, 5.41) is 0. The molecule has 2 nitrogen and oxygen atoms in total. The molecule has 0 saturated heterocycles. The SMILES string of the molecule is CC(C)N(C=[N+](C(C)C)C(C)C1CCCCC1)C(C)C. The molecule has 0 aromatic carbocycles. The maximum Gasteiger partial charge on any atom is 0.234 e. The van der Waals surface area contributed by atoms with Crippen LogP contribution < -0.4 is 0 Å². The molecular formula is C18H37N2+. The van der Waals surface area contributed by atoms with E-state index in [-0.39, 0.29) is 0 Å². The lowest BCUT2D eigenvalue weighted by Crippen LogP contribution is -2.45. The summed E-state index contributed by atoms with van der Waals surface area (Å²) in [6.07, 6.45) is 9.55. The fourth-order valence-corrected chi connectivity index (χ4v) is 3.59. The Morgan fingerprint density at radius 1 is 0.850 bits per heavy atom. The summed E-state index contributed by atoms with van der Waals surface area (Å²) < 4.78 is 2.61. The third kappa shape index (κ3) is 4.79. The van der Waals surface area contributed by atoms with Crippen LogP contribution in [0.2, 0.25) is 0 Å². The van der Waals surface area contributed by atoms with Gasteiger partial charge in [0.1, 0.15) is 0 Å². The molecule has 0 radical (unpaired) electrons. The molecule has 1 aliphatic rings. The normalized spacial score (nSPS) is 20.0. The Hall–Kier alpha value is -0.530. The van der Waals surface area contributed by atoms with Gasteiger partial charge in [0.05, 0.1) is 24.2 Å². The van der Waals surface area contributed by atoms with E-state index >= 15 is 0 Å². The molecule has 0 amide bonds. The van der Waals surface area contributed by atoms with E-state index in [0.717, 1.165) is 5.92 Å². The van der Waals surface area contributed by atoms with Crippen molar-refractivity contribution in [2.45, 2.75) is 105 Å². The van der Waals surface area contributed by atoms with E-state index in [4.69, 9.17) is 0 Å². The average Bonchev–Trinajstić information content (AvgIpc) is 2.38. The van der Waals surface area contributed by atoms with Crippen LogP contribution in [-0.2, 0) is 0 Å². The second kappa shape index (κ2) is 8.05. The maximum absolute atomic E-state index is 2.61. The molecule has 0 aliphatic heterocycles. The number of nitrogens with zero attached hydrogens (tertiary/aromatic N) is 2. The molecule has 1 unspecified atom stereocenters. The first-order valence-corrected chi connectivity index (χ1v) is 8.74. The fraction of sp³-hybridized carbons (Fsp3) is 0.944. The van der Waals surface area contributed by atoms with Gasteiger partial charge in [-0.3, -0.25) is 9.48 Å². The molecule has 0 bridgehead atoms. The topological polar surface area (TPSA) is 6.25 Å². The van der Waals surface area contributed by atoms with Crippen LogP contribution in [0.25, 0.3) is 0 Å². The standard InChI is InChI=1S/C18H37N2/c1-14(2)19(15(3)4)13-20(16(5)6)17(7)18-11-9-8-10-12-18/h13-18H,8-12H2,1-7H3/q+1. The van der Waals surface area contributed by atoms with Gasteiger partial charge >= 0.3 is 0 Å². The first-order valence-electron chi connectivity index (χ1n) is 8.74. The smallest absolute Gasteiger partial charge is 0.234 e. The molecule has 1 atom stereocenters. The molecule has 1 fully saturated rings. The number of rotatable bonds is 6. The van der Waals surface area contributed by atoms with E-state index in [0.29, 0.717) is 24.2 Å². The van der Waals surface area contributed by atoms with Crippen LogP contribution >= 0.6 is 0 Å². The number of hydrogen-bond donors (Lipinski definition) is 0. The van der Waals surface area contributed by atoms with Gasteiger partial charge in [-0.1, -0.05) is 19.3 Å². The van der Waals surface area contributed by atoms with Gasteiger partial charge in [-0.05, 0) is 67.2 Å². The molecule has 2 heteroatoms. The summed E-state index contributed by atoms with van der Waals surface area (Å²) in [5.41, 5.74) is 0. The highest BCUT2D eigenvalue weighted by atomic mass is 15.2. The highest BCUT2D eigenvalue weighted by Gasteiger charge is 2.28. The van der Waals surface area contributed by atoms with E-state index in [1.54, 1.807) is 0 Å². The third-order valence-corrected chi connectivity index (χ3v) is 4.86. The Labute approximate surface area is 127 Å². The Kier molecular flexibility index (Phi) is 7.05. The molecule has 20 heavy (non-hydrogen) atoms. The monoisotopic (exact) mass is 281 g/mol. The average molecular weight is 282 g/mol. The number of hydrogen-bond acceptors (Lipinski definition) is 0. The predicted octanol–water partition coefficient (Wildman–Crippen LogP) is 4.52. The highest BCUT2D eigenvalue weighted by Crippen LogP contribution is 2.28. The highest BCUT2D eigenvalue weighted by molar-refractivity contribution is 5.50. The van der Waals surface area contributed by atoms with Gasteiger partial charge in [0.25, 0.3) is 0 Å². The lowest BCUT2D eigenvalue weighted by atomic mass is 9.84. The Bertz CT molecular complexity index is 291. The minimum absolute atomic E-state index is 0.565. The summed E-state index contributed by atoms with van der Waals surface area (Å²) in [4.78, 5) is 2.50. The van der Waals surface area contributed by atoms with E-state index in [1.807, 2.05) is 0 Å². The Balaban J connectivity index is 2.90. The van der Waals surface area contributed by atoms with Crippen molar-refractivity contribution in [2.75, 3.05) is 0 Å².